The third-order valence-electron chi connectivity index (χ3n) is 2.96. The van der Waals surface area contributed by atoms with Crippen molar-refractivity contribution in [3.8, 4) is 0 Å². The molecule has 112 valence electrons. The monoisotopic (exact) mass is 299 g/mol. The lowest BCUT2D eigenvalue weighted by molar-refractivity contribution is 0.0806. The Morgan fingerprint density at radius 3 is 2.70 bits per heavy atom. The third kappa shape index (κ3) is 4.65. The first-order chi connectivity index (χ1) is 9.49. The zero-order valence-corrected chi connectivity index (χ0v) is 13.1. The van der Waals surface area contributed by atoms with E-state index >= 15 is 0 Å². The van der Waals surface area contributed by atoms with Gasteiger partial charge in [-0.3, -0.25) is 4.79 Å². The van der Waals surface area contributed by atoms with Crippen LogP contribution in [0.1, 0.15) is 31.1 Å². The number of carbonyl (C=O) groups excluding carboxylic acids is 1. The van der Waals surface area contributed by atoms with Gasteiger partial charge < -0.3 is 15.4 Å². The number of amides is 1. The van der Waals surface area contributed by atoms with Crippen LogP contribution in [0.25, 0.3) is 0 Å². The number of anilines is 1. The smallest absolute Gasteiger partial charge is 0.253 e. The average Bonchev–Trinajstić information content (AvgIpc) is 2.42. The molecule has 20 heavy (non-hydrogen) atoms. The highest BCUT2D eigenvalue weighted by Crippen LogP contribution is 2.19. The summed E-state index contributed by atoms with van der Waals surface area (Å²) in [5, 5.41) is 6.23. The quantitative estimate of drug-likeness (QED) is 0.812. The van der Waals surface area contributed by atoms with Crippen molar-refractivity contribution in [3.05, 3.63) is 22.8 Å². The van der Waals surface area contributed by atoms with Gasteiger partial charge in [-0.1, -0.05) is 25.4 Å². The minimum atomic E-state index is -0.194. The molecule has 0 saturated carbocycles. The largest absolute Gasteiger partial charge is 0.380 e. The molecule has 1 amide bonds. The maximum Gasteiger partial charge on any atom is 0.253 e. The zero-order chi connectivity index (χ0) is 15.1. The molecule has 1 aromatic rings. The number of rotatable bonds is 7. The van der Waals surface area contributed by atoms with E-state index < -0.39 is 0 Å². The standard InChI is InChI=1S/C14H22ClN3O2/c1-5-20-8-12(9(2)3)18-14(19)10-6-11(15)13(16-4)17-7-10/h6-7,9,12H,5,8H2,1-4H3,(H,16,17)(H,18,19). The molecule has 5 nitrogen and oxygen atoms in total. The number of nitrogens with one attached hydrogen (secondary N) is 2. The van der Waals surface area contributed by atoms with Crippen LogP contribution in [0.4, 0.5) is 5.82 Å². The lowest BCUT2D eigenvalue weighted by Crippen LogP contribution is -2.42. The third-order valence-corrected chi connectivity index (χ3v) is 3.25. The molecule has 2 N–H and O–H groups in total. The Morgan fingerprint density at radius 2 is 2.20 bits per heavy atom. The molecule has 1 atom stereocenters. The van der Waals surface area contributed by atoms with Gasteiger partial charge in [0, 0.05) is 19.9 Å². The first kappa shape index (κ1) is 16.7. The maximum atomic E-state index is 12.2. The van der Waals surface area contributed by atoms with Gasteiger partial charge in [0.2, 0.25) is 0 Å². The minimum absolute atomic E-state index is 0.0368. The molecule has 0 bridgehead atoms. The van der Waals surface area contributed by atoms with Crippen molar-refractivity contribution in [2.75, 3.05) is 25.6 Å². The second kappa shape index (κ2) is 8.07. The molecule has 0 saturated heterocycles. The molecular formula is C14H22ClN3O2. The lowest BCUT2D eigenvalue weighted by Gasteiger charge is -2.22. The highest BCUT2D eigenvalue weighted by molar-refractivity contribution is 6.33. The summed E-state index contributed by atoms with van der Waals surface area (Å²) in [6, 6.07) is 1.57. The fraction of sp³-hybridized carbons (Fsp3) is 0.571. The highest BCUT2D eigenvalue weighted by Gasteiger charge is 2.18. The van der Waals surface area contributed by atoms with Crippen molar-refractivity contribution >= 4 is 23.3 Å². The summed E-state index contributed by atoms with van der Waals surface area (Å²) in [5.41, 5.74) is 0.441. The van der Waals surface area contributed by atoms with Gasteiger partial charge in [-0.25, -0.2) is 4.98 Å². The van der Waals surface area contributed by atoms with Gasteiger partial charge >= 0.3 is 0 Å². The second-order valence-electron chi connectivity index (χ2n) is 4.79. The van der Waals surface area contributed by atoms with Crippen LogP contribution in [0.15, 0.2) is 12.3 Å². The Bertz CT molecular complexity index is 452. The normalized spacial score (nSPS) is 12.3. The van der Waals surface area contributed by atoms with E-state index in [4.69, 9.17) is 16.3 Å². The van der Waals surface area contributed by atoms with E-state index in [1.165, 1.54) is 6.20 Å². The summed E-state index contributed by atoms with van der Waals surface area (Å²) >= 11 is 6.03. The van der Waals surface area contributed by atoms with E-state index in [0.717, 1.165) is 0 Å². The van der Waals surface area contributed by atoms with Crippen molar-refractivity contribution in [3.63, 3.8) is 0 Å². The van der Waals surface area contributed by atoms with E-state index in [0.29, 0.717) is 29.6 Å². The Morgan fingerprint density at radius 1 is 1.50 bits per heavy atom. The number of carbonyl (C=O) groups is 1. The average molecular weight is 300 g/mol. The molecule has 0 spiro atoms. The van der Waals surface area contributed by atoms with Crippen molar-refractivity contribution in [1.82, 2.24) is 10.3 Å². The number of nitrogens with zero attached hydrogens (tertiary/aromatic N) is 1. The topological polar surface area (TPSA) is 63.2 Å². The predicted molar refractivity (Wildman–Crippen MR) is 81.4 cm³/mol. The molecule has 0 aliphatic carbocycles. The summed E-state index contributed by atoms with van der Waals surface area (Å²) < 4.78 is 5.39. The summed E-state index contributed by atoms with van der Waals surface area (Å²) in [5.74, 6) is 0.643. The van der Waals surface area contributed by atoms with Crippen molar-refractivity contribution < 1.29 is 9.53 Å². The Kier molecular flexibility index (Phi) is 6.75. The molecular weight excluding hydrogens is 278 g/mol. The number of ether oxygens (including phenoxy) is 1. The van der Waals surface area contributed by atoms with Crippen LogP contribution in [-0.4, -0.2) is 37.2 Å². The van der Waals surface area contributed by atoms with Gasteiger partial charge in [0.25, 0.3) is 5.91 Å². The van der Waals surface area contributed by atoms with Gasteiger partial charge in [0.05, 0.1) is 23.2 Å². The molecule has 1 heterocycles. The van der Waals surface area contributed by atoms with Gasteiger partial charge in [0.15, 0.2) is 0 Å². The van der Waals surface area contributed by atoms with E-state index in [-0.39, 0.29) is 17.9 Å². The van der Waals surface area contributed by atoms with E-state index in [1.807, 2.05) is 20.8 Å². The summed E-state index contributed by atoms with van der Waals surface area (Å²) in [4.78, 5) is 16.3. The molecule has 0 aliphatic rings. The Labute approximate surface area is 125 Å². The molecule has 6 heteroatoms. The van der Waals surface area contributed by atoms with Crippen LogP contribution in [0.5, 0.6) is 0 Å². The van der Waals surface area contributed by atoms with Crippen molar-refractivity contribution in [1.29, 1.82) is 0 Å². The maximum absolute atomic E-state index is 12.2. The fourth-order valence-electron chi connectivity index (χ4n) is 1.64. The lowest BCUT2D eigenvalue weighted by atomic mass is 10.0. The summed E-state index contributed by atoms with van der Waals surface area (Å²) in [7, 11) is 1.73. The van der Waals surface area contributed by atoms with Gasteiger partial charge in [-0.15, -0.1) is 0 Å². The number of hydrogen-bond acceptors (Lipinski definition) is 4. The van der Waals surface area contributed by atoms with Crippen molar-refractivity contribution in [2.24, 2.45) is 5.92 Å². The fourth-order valence-corrected chi connectivity index (χ4v) is 1.90. The molecule has 1 rings (SSSR count). The Hall–Kier alpha value is -1.33. The zero-order valence-electron chi connectivity index (χ0n) is 12.4. The first-order valence-corrected chi connectivity index (χ1v) is 7.09. The molecule has 1 aromatic heterocycles. The number of halogens is 1. The van der Waals surface area contributed by atoms with Crippen LogP contribution >= 0.6 is 11.6 Å². The summed E-state index contributed by atoms with van der Waals surface area (Å²) in [6.45, 7) is 7.14. The molecule has 0 fully saturated rings. The molecule has 0 radical (unpaired) electrons. The van der Waals surface area contributed by atoms with Crippen LogP contribution in [0.2, 0.25) is 5.02 Å². The number of aromatic nitrogens is 1. The molecule has 0 aromatic carbocycles. The second-order valence-corrected chi connectivity index (χ2v) is 5.20. The van der Waals surface area contributed by atoms with Crippen LogP contribution in [0, 0.1) is 5.92 Å². The molecule has 0 aliphatic heterocycles. The van der Waals surface area contributed by atoms with E-state index in [9.17, 15) is 4.79 Å². The summed E-state index contributed by atoms with van der Waals surface area (Å²) in [6.07, 6.45) is 1.51. The van der Waals surface area contributed by atoms with Gasteiger partial charge in [0.1, 0.15) is 5.82 Å². The van der Waals surface area contributed by atoms with Crippen LogP contribution < -0.4 is 10.6 Å². The molecule has 1 unspecified atom stereocenters. The van der Waals surface area contributed by atoms with E-state index in [2.05, 4.69) is 15.6 Å². The predicted octanol–water partition coefficient (Wildman–Crippen LogP) is 2.57. The van der Waals surface area contributed by atoms with Gasteiger partial charge in [-0.05, 0) is 18.9 Å². The van der Waals surface area contributed by atoms with E-state index in [1.54, 1.807) is 13.1 Å². The number of hydrogen-bond donors (Lipinski definition) is 2. The van der Waals surface area contributed by atoms with Crippen LogP contribution in [-0.2, 0) is 4.74 Å². The minimum Gasteiger partial charge on any atom is -0.380 e. The highest BCUT2D eigenvalue weighted by atomic mass is 35.5. The van der Waals surface area contributed by atoms with Gasteiger partial charge in [-0.2, -0.15) is 0 Å². The van der Waals surface area contributed by atoms with Crippen molar-refractivity contribution in [2.45, 2.75) is 26.8 Å². The SMILES string of the molecule is CCOCC(NC(=O)c1cnc(NC)c(Cl)c1)C(C)C. The first-order valence-electron chi connectivity index (χ1n) is 6.71. The number of pyridine rings is 1. The Balaban J connectivity index is 2.75. The van der Waals surface area contributed by atoms with Crippen LogP contribution in [0.3, 0.4) is 0 Å².